The molecule has 1 aliphatic heterocycles. The summed E-state index contributed by atoms with van der Waals surface area (Å²) in [5.41, 5.74) is 1.09. The summed E-state index contributed by atoms with van der Waals surface area (Å²) in [7, 11) is 0. The molecule has 0 aromatic heterocycles. The molecule has 2 rings (SSSR count). The lowest BCUT2D eigenvalue weighted by molar-refractivity contribution is 0.269. The van der Waals surface area contributed by atoms with E-state index in [1.54, 1.807) is 6.07 Å². The summed E-state index contributed by atoms with van der Waals surface area (Å²) in [5, 5.41) is 4.07. The third kappa shape index (κ3) is 2.80. The molecule has 0 spiro atoms. The summed E-state index contributed by atoms with van der Waals surface area (Å²) in [5.74, 6) is 0.288. The standard InChI is InChI=1S/C14H19ClFN/c1-10(2)14(4-3-5-17-14)9-11-6-12(15)8-13(16)7-11/h6-8,10,17H,3-5,9H2,1-2H3. The third-order valence-corrected chi connectivity index (χ3v) is 4.04. The molecule has 3 heteroatoms. The molecule has 1 N–H and O–H groups in total. The van der Waals surface area contributed by atoms with Crippen molar-refractivity contribution < 1.29 is 4.39 Å². The van der Waals surface area contributed by atoms with Crippen molar-refractivity contribution in [2.24, 2.45) is 5.92 Å². The molecule has 1 unspecified atom stereocenters. The fourth-order valence-electron chi connectivity index (χ4n) is 2.75. The topological polar surface area (TPSA) is 12.0 Å². The van der Waals surface area contributed by atoms with Gasteiger partial charge in [-0.25, -0.2) is 4.39 Å². The lowest BCUT2D eigenvalue weighted by atomic mass is 9.80. The normalized spacial score (nSPS) is 24.5. The minimum Gasteiger partial charge on any atom is -0.311 e. The van der Waals surface area contributed by atoms with Gasteiger partial charge in [-0.15, -0.1) is 0 Å². The Morgan fingerprint density at radius 3 is 2.71 bits per heavy atom. The Kier molecular flexibility index (Phi) is 3.74. The largest absolute Gasteiger partial charge is 0.311 e. The van der Waals surface area contributed by atoms with Crippen molar-refractivity contribution in [2.45, 2.75) is 38.6 Å². The smallest absolute Gasteiger partial charge is 0.124 e. The predicted octanol–water partition coefficient (Wildman–Crippen LogP) is 3.80. The fourth-order valence-corrected chi connectivity index (χ4v) is 3.00. The van der Waals surface area contributed by atoms with Crippen LogP contribution in [0.15, 0.2) is 18.2 Å². The lowest BCUT2D eigenvalue weighted by Gasteiger charge is -2.34. The van der Waals surface area contributed by atoms with Crippen molar-refractivity contribution in [3.63, 3.8) is 0 Å². The van der Waals surface area contributed by atoms with Gasteiger partial charge in [-0.2, -0.15) is 0 Å². The summed E-state index contributed by atoms with van der Waals surface area (Å²) in [6, 6.07) is 4.82. The molecule has 1 aromatic carbocycles. The Morgan fingerprint density at radius 2 is 2.18 bits per heavy atom. The SMILES string of the molecule is CC(C)C1(Cc2cc(F)cc(Cl)c2)CCCN1. The van der Waals surface area contributed by atoms with Crippen molar-refractivity contribution in [3.8, 4) is 0 Å². The van der Waals surface area contributed by atoms with E-state index in [1.807, 2.05) is 6.07 Å². The van der Waals surface area contributed by atoms with Crippen LogP contribution in [0.3, 0.4) is 0 Å². The number of hydrogen-bond donors (Lipinski definition) is 1. The molecular formula is C14H19ClFN. The lowest BCUT2D eigenvalue weighted by Crippen LogP contribution is -2.46. The highest BCUT2D eigenvalue weighted by Gasteiger charge is 2.36. The molecule has 1 heterocycles. The van der Waals surface area contributed by atoms with E-state index < -0.39 is 0 Å². The van der Waals surface area contributed by atoms with E-state index in [-0.39, 0.29) is 11.4 Å². The van der Waals surface area contributed by atoms with Crippen LogP contribution in [0.2, 0.25) is 5.02 Å². The molecule has 0 aliphatic carbocycles. The summed E-state index contributed by atoms with van der Waals surface area (Å²) >= 11 is 5.90. The Bertz CT molecular complexity index is 377. The van der Waals surface area contributed by atoms with Gasteiger partial charge < -0.3 is 5.32 Å². The molecule has 1 aliphatic rings. The molecule has 0 saturated carbocycles. The summed E-state index contributed by atoms with van der Waals surface area (Å²) < 4.78 is 13.3. The second-order valence-electron chi connectivity index (χ2n) is 5.30. The Hall–Kier alpha value is -0.600. The van der Waals surface area contributed by atoms with E-state index in [0.717, 1.165) is 24.9 Å². The molecule has 1 aromatic rings. The second kappa shape index (κ2) is 4.95. The van der Waals surface area contributed by atoms with Gasteiger partial charge in [-0.3, -0.25) is 0 Å². The van der Waals surface area contributed by atoms with Crippen LogP contribution in [0.4, 0.5) is 4.39 Å². The van der Waals surface area contributed by atoms with Crippen molar-refractivity contribution in [1.82, 2.24) is 5.32 Å². The zero-order chi connectivity index (χ0) is 12.5. The second-order valence-corrected chi connectivity index (χ2v) is 5.73. The molecule has 0 radical (unpaired) electrons. The van der Waals surface area contributed by atoms with E-state index in [1.165, 1.54) is 12.5 Å². The maximum atomic E-state index is 13.3. The van der Waals surface area contributed by atoms with E-state index >= 15 is 0 Å². The van der Waals surface area contributed by atoms with Crippen molar-refractivity contribution in [1.29, 1.82) is 0 Å². The Morgan fingerprint density at radius 1 is 1.41 bits per heavy atom. The number of nitrogens with one attached hydrogen (secondary N) is 1. The van der Waals surface area contributed by atoms with E-state index in [4.69, 9.17) is 11.6 Å². The summed E-state index contributed by atoms with van der Waals surface area (Å²) in [6.07, 6.45) is 3.20. The van der Waals surface area contributed by atoms with Crippen LogP contribution in [0, 0.1) is 11.7 Å². The molecule has 0 amide bonds. The average Bonchev–Trinajstić information content (AvgIpc) is 2.65. The van der Waals surface area contributed by atoms with E-state index in [0.29, 0.717) is 10.9 Å². The van der Waals surface area contributed by atoms with Crippen molar-refractivity contribution in [2.75, 3.05) is 6.54 Å². The monoisotopic (exact) mass is 255 g/mol. The maximum absolute atomic E-state index is 13.3. The number of halogens is 2. The van der Waals surface area contributed by atoms with Crippen molar-refractivity contribution in [3.05, 3.63) is 34.6 Å². The van der Waals surface area contributed by atoms with Crippen LogP contribution in [0.5, 0.6) is 0 Å². The zero-order valence-corrected chi connectivity index (χ0v) is 11.1. The van der Waals surface area contributed by atoms with Gasteiger partial charge in [0, 0.05) is 10.6 Å². The van der Waals surface area contributed by atoms with Gasteiger partial charge in [-0.05, 0) is 55.5 Å². The first-order chi connectivity index (χ1) is 8.02. The zero-order valence-electron chi connectivity index (χ0n) is 10.4. The fraction of sp³-hybridized carbons (Fsp3) is 0.571. The van der Waals surface area contributed by atoms with Crippen LogP contribution in [-0.2, 0) is 6.42 Å². The average molecular weight is 256 g/mol. The molecule has 1 atom stereocenters. The molecule has 1 fully saturated rings. The molecule has 1 nitrogen and oxygen atoms in total. The molecule has 1 saturated heterocycles. The van der Waals surface area contributed by atoms with Crippen LogP contribution in [0.25, 0.3) is 0 Å². The van der Waals surface area contributed by atoms with Gasteiger partial charge in [0.15, 0.2) is 0 Å². The summed E-state index contributed by atoms with van der Waals surface area (Å²) in [6.45, 7) is 5.50. The van der Waals surface area contributed by atoms with Crippen molar-refractivity contribution >= 4 is 11.6 Å². The van der Waals surface area contributed by atoms with Crippen LogP contribution in [0.1, 0.15) is 32.3 Å². The molecule has 0 bridgehead atoms. The molecule has 94 valence electrons. The minimum atomic E-state index is -0.246. The highest BCUT2D eigenvalue weighted by atomic mass is 35.5. The van der Waals surface area contributed by atoms with Gasteiger partial charge in [0.25, 0.3) is 0 Å². The quantitative estimate of drug-likeness (QED) is 0.866. The number of hydrogen-bond acceptors (Lipinski definition) is 1. The van der Waals surface area contributed by atoms with Crippen LogP contribution in [-0.4, -0.2) is 12.1 Å². The predicted molar refractivity (Wildman–Crippen MR) is 69.9 cm³/mol. The van der Waals surface area contributed by atoms with Gasteiger partial charge >= 0.3 is 0 Å². The van der Waals surface area contributed by atoms with Gasteiger partial charge in [-0.1, -0.05) is 25.4 Å². The molecule has 17 heavy (non-hydrogen) atoms. The van der Waals surface area contributed by atoms with Crippen LogP contribution < -0.4 is 5.32 Å². The minimum absolute atomic E-state index is 0.108. The van der Waals surface area contributed by atoms with Crippen LogP contribution >= 0.6 is 11.6 Å². The number of rotatable bonds is 3. The Balaban J connectivity index is 2.23. The van der Waals surface area contributed by atoms with Gasteiger partial charge in [0.2, 0.25) is 0 Å². The highest BCUT2D eigenvalue weighted by Crippen LogP contribution is 2.32. The van der Waals surface area contributed by atoms with E-state index in [9.17, 15) is 4.39 Å². The third-order valence-electron chi connectivity index (χ3n) is 3.82. The van der Waals surface area contributed by atoms with E-state index in [2.05, 4.69) is 19.2 Å². The summed E-state index contributed by atoms with van der Waals surface area (Å²) in [4.78, 5) is 0. The van der Waals surface area contributed by atoms with Gasteiger partial charge in [0.1, 0.15) is 5.82 Å². The number of benzene rings is 1. The maximum Gasteiger partial charge on any atom is 0.124 e. The molecular weight excluding hydrogens is 237 g/mol. The first-order valence-electron chi connectivity index (χ1n) is 6.22. The first kappa shape index (κ1) is 12.8. The Labute approximate surface area is 107 Å². The van der Waals surface area contributed by atoms with Gasteiger partial charge in [0.05, 0.1) is 0 Å². The first-order valence-corrected chi connectivity index (χ1v) is 6.60. The highest BCUT2D eigenvalue weighted by molar-refractivity contribution is 6.30.